The molecule has 0 bridgehead atoms. The smallest absolute Gasteiger partial charge is 0.256 e. The van der Waals surface area contributed by atoms with Crippen molar-refractivity contribution in [3.63, 3.8) is 0 Å². The lowest BCUT2D eigenvalue weighted by Crippen LogP contribution is -2.31. The molecule has 17 heavy (non-hydrogen) atoms. The zero-order valence-electron chi connectivity index (χ0n) is 10.3. The van der Waals surface area contributed by atoms with E-state index in [0.29, 0.717) is 5.92 Å². The molecule has 3 rings (SSSR count). The molecule has 1 amide bonds. The van der Waals surface area contributed by atoms with Crippen molar-refractivity contribution in [3.05, 3.63) is 29.3 Å². The first-order chi connectivity index (χ1) is 8.18. The third-order valence-electron chi connectivity index (χ3n) is 3.85. The minimum absolute atomic E-state index is 0.143. The number of fused-ring (bicyclic) bond motifs is 1. The fourth-order valence-corrected chi connectivity index (χ4v) is 3.00. The molecule has 3 heteroatoms. The highest BCUT2D eigenvalue weighted by Gasteiger charge is 2.45. The predicted octanol–water partition coefficient (Wildman–Crippen LogP) is 2.06. The molecule has 0 N–H and O–H groups in total. The van der Waals surface area contributed by atoms with Gasteiger partial charge in [0.1, 0.15) is 6.10 Å². The number of hydrogen-bond acceptors (Lipinski definition) is 2. The highest BCUT2D eigenvalue weighted by molar-refractivity contribution is 6.00. The van der Waals surface area contributed by atoms with Crippen LogP contribution >= 0.6 is 0 Å². The fraction of sp³-hybridized carbons (Fsp3) is 0.500. The summed E-state index contributed by atoms with van der Waals surface area (Å²) in [6.45, 7) is 5.67. The van der Waals surface area contributed by atoms with E-state index >= 15 is 0 Å². The molecular weight excluding hydrogens is 214 g/mol. The van der Waals surface area contributed by atoms with E-state index in [-0.39, 0.29) is 12.0 Å². The Bertz CT molecular complexity index is 449. The van der Waals surface area contributed by atoms with Gasteiger partial charge in [0.25, 0.3) is 5.91 Å². The number of para-hydroxylation sites is 1. The maximum absolute atomic E-state index is 12.3. The standard InChI is InChI=1S/C14H17NO2/c1-9-4-3-5-10(2)12(9)15-8-11-6-7-17-13(11)14(15)16/h3-5,11,13H,6-8H2,1-2H3. The number of anilines is 1. The Morgan fingerprint density at radius 3 is 2.65 bits per heavy atom. The van der Waals surface area contributed by atoms with Gasteiger partial charge in [-0.05, 0) is 31.4 Å². The van der Waals surface area contributed by atoms with Crippen LogP contribution < -0.4 is 4.90 Å². The van der Waals surface area contributed by atoms with E-state index in [1.165, 1.54) is 11.1 Å². The van der Waals surface area contributed by atoms with E-state index in [2.05, 4.69) is 26.0 Å². The van der Waals surface area contributed by atoms with Gasteiger partial charge < -0.3 is 9.64 Å². The van der Waals surface area contributed by atoms with Crippen LogP contribution in [0.1, 0.15) is 17.5 Å². The van der Waals surface area contributed by atoms with Crippen molar-refractivity contribution < 1.29 is 9.53 Å². The second kappa shape index (κ2) is 3.84. The second-order valence-electron chi connectivity index (χ2n) is 5.03. The van der Waals surface area contributed by atoms with Gasteiger partial charge in [-0.1, -0.05) is 18.2 Å². The summed E-state index contributed by atoms with van der Waals surface area (Å²) >= 11 is 0. The number of rotatable bonds is 1. The number of hydrogen-bond donors (Lipinski definition) is 0. The largest absolute Gasteiger partial charge is 0.368 e. The van der Waals surface area contributed by atoms with E-state index in [1.807, 2.05) is 11.0 Å². The van der Waals surface area contributed by atoms with Gasteiger partial charge in [-0.15, -0.1) is 0 Å². The molecule has 1 aromatic carbocycles. The first kappa shape index (κ1) is 10.8. The van der Waals surface area contributed by atoms with Gasteiger partial charge in [0, 0.05) is 24.8 Å². The first-order valence-electron chi connectivity index (χ1n) is 6.17. The minimum Gasteiger partial charge on any atom is -0.368 e. The molecule has 2 aliphatic heterocycles. The van der Waals surface area contributed by atoms with Gasteiger partial charge in [-0.25, -0.2) is 0 Å². The molecule has 90 valence electrons. The summed E-state index contributed by atoms with van der Waals surface area (Å²) < 4.78 is 5.53. The zero-order valence-corrected chi connectivity index (χ0v) is 10.3. The molecule has 0 spiro atoms. The minimum atomic E-state index is -0.186. The van der Waals surface area contributed by atoms with E-state index in [1.54, 1.807) is 0 Å². The third-order valence-corrected chi connectivity index (χ3v) is 3.85. The van der Waals surface area contributed by atoms with Crippen molar-refractivity contribution in [2.45, 2.75) is 26.4 Å². The van der Waals surface area contributed by atoms with Crippen LogP contribution in [0.3, 0.4) is 0 Å². The quantitative estimate of drug-likeness (QED) is 0.740. The van der Waals surface area contributed by atoms with Crippen molar-refractivity contribution in [1.82, 2.24) is 0 Å². The number of amides is 1. The Kier molecular flexibility index (Phi) is 2.44. The van der Waals surface area contributed by atoms with Crippen LogP contribution in [-0.2, 0) is 9.53 Å². The normalized spacial score (nSPS) is 27.6. The Morgan fingerprint density at radius 1 is 1.29 bits per heavy atom. The number of carbonyl (C=O) groups excluding carboxylic acids is 1. The highest BCUT2D eigenvalue weighted by atomic mass is 16.5. The van der Waals surface area contributed by atoms with Crippen LogP contribution in [0, 0.1) is 19.8 Å². The Hall–Kier alpha value is -1.35. The molecule has 0 radical (unpaired) electrons. The fourth-order valence-electron chi connectivity index (χ4n) is 3.00. The van der Waals surface area contributed by atoms with Gasteiger partial charge in [-0.3, -0.25) is 4.79 Å². The first-order valence-corrected chi connectivity index (χ1v) is 6.17. The number of nitrogens with zero attached hydrogens (tertiary/aromatic N) is 1. The van der Waals surface area contributed by atoms with Crippen molar-refractivity contribution in [2.75, 3.05) is 18.1 Å². The summed E-state index contributed by atoms with van der Waals surface area (Å²) in [5.41, 5.74) is 3.41. The van der Waals surface area contributed by atoms with Crippen molar-refractivity contribution in [1.29, 1.82) is 0 Å². The van der Waals surface area contributed by atoms with E-state index < -0.39 is 0 Å². The van der Waals surface area contributed by atoms with Gasteiger partial charge >= 0.3 is 0 Å². The Labute approximate surface area is 101 Å². The van der Waals surface area contributed by atoms with Crippen LogP contribution in [0.15, 0.2) is 18.2 Å². The maximum atomic E-state index is 12.3. The summed E-state index contributed by atoms with van der Waals surface area (Å²) in [4.78, 5) is 14.2. The molecule has 2 fully saturated rings. The average molecular weight is 231 g/mol. The molecule has 2 saturated heterocycles. The lowest BCUT2D eigenvalue weighted by Gasteiger charge is -2.22. The van der Waals surface area contributed by atoms with E-state index in [9.17, 15) is 4.79 Å². The van der Waals surface area contributed by atoms with Crippen molar-refractivity contribution in [3.8, 4) is 0 Å². The number of carbonyl (C=O) groups is 1. The Balaban J connectivity index is 1.98. The molecule has 0 aliphatic carbocycles. The molecule has 2 aliphatic rings. The predicted molar refractivity (Wildman–Crippen MR) is 66.1 cm³/mol. The number of benzene rings is 1. The van der Waals surface area contributed by atoms with Crippen LogP contribution in [0.5, 0.6) is 0 Å². The lowest BCUT2D eigenvalue weighted by molar-refractivity contribution is -0.125. The molecule has 0 aromatic heterocycles. The number of ether oxygens (including phenoxy) is 1. The topological polar surface area (TPSA) is 29.5 Å². The summed E-state index contributed by atoms with van der Waals surface area (Å²) in [6, 6.07) is 6.15. The van der Waals surface area contributed by atoms with E-state index in [0.717, 1.165) is 25.3 Å². The van der Waals surface area contributed by atoms with E-state index in [4.69, 9.17) is 4.74 Å². The second-order valence-corrected chi connectivity index (χ2v) is 5.03. The maximum Gasteiger partial charge on any atom is 0.256 e. The lowest BCUT2D eigenvalue weighted by atomic mass is 10.1. The molecule has 2 atom stereocenters. The molecule has 1 aromatic rings. The van der Waals surface area contributed by atoms with Gasteiger partial charge in [0.15, 0.2) is 0 Å². The average Bonchev–Trinajstić information content (AvgIpc) is 2.84. The molecule has 2 heterocycles. The summed E-state index contributed by atoms with van der Waals surface area (Å²) in [7, 11) is 0. The van der Waals surface area contributed by atoms with Crippen LogP contribution in [0.4, 0.5) is 5.69 Å². The summed E-state index contributed by atoms with van der Waals surface area (Å²) in [5, 5.41) is 0. The molecular formula is C14H17NO2. The molecule has 3 nitrogen and oxygen atoms in total. The Morgan fingerprint density at radius 2 is 2.00 bits per heavy atom. The summed E-state index contributed by atoms with van der Waals surface area (Å²) in [5.74, 6) is 0.534. The van der Waals surface area contributed by atoms with Gasteiger partial charge in [0.2, 0.25) is 0 Å². The molecule has 0 saturated carbocycles. The van der Waals surface area contributed by atoms with Crippen LogP contribution in [-0.4, -0.2) is 25.2 Å². The van der Waals surface area contributed by atoms with Crippen LogP contribution in [0.25, 0.3) is 0 Å². The van der Waals surface area contributed by atoms with Gasteiger partial charge in [-0.2, -0.15) is 0 Å². The monoisotopic (exact) mass is 231 g/mol. The SMILES string of the molecule is Cc1cccc(C)c1N1CC2CCOC2C1=O. The molecule has 2 unspecified atom stereocenters. The zero-order chi connectivity index (χ0) is 12.0. The van der Waals surface area contributed by atoms with Crippen molar-refractivity contribution in [2.24, 2.45) is 5.92 Å². The third kappa shape index (κ3) is 1.57. The number of aryl methyl sites for hydroxylation is 2. The summed E-state index contributed by atoms with van der Waals surface area (Å²) in [6.07, 6.45) is 0.826. The highest BCUT2D eigenvalue weighted by Crippen LogP contribution is 2.35. The van der Waals surface area contributed by atoms with Gasteiger partial charge in [0.05, 0.1) is 0 Å². The van der Waals surface area contributed by atoms with Crippen molar-refractivity contribution >= 4 is 11.6 Å². The van der Waals surface area contributed by atoms with Crippen LogP contribution in [0.2, 0.25) is 0 Å².